The summed E-state index contributed by atoms with van der Waals surface area (Å²) in [5, 5.41) is 4.83. The molecule has 3 aromatic heterocycles. The molecule has 0 unspecified atom stereocenters. The first-order valence-electron chi connectivity index (χ1n) is 10.3. The van der Waals surface area contributed by atoms with E-state index in [1.165, 1.54) is 0 Å². The van der Waals surface area contributed by atoms with Crippen LogP contribution in [-0.4, -0.2) is 69.5 Å². The van der Waals surface area contributed by atoms with Gasteiger partial charge in [0.05, 0.1) is 30.6 Å². The van der Waals surface area contributed by atoms with Crippen molar-refractivity contribution < 1.29 is 14.3 Å². The highest BCUT2D eigenvalue weighted by atomic mass is 16.6. The van der Waals surface area contributed by atoms with E-state index in [1.54, 1.807) is 36.0 Å². The third-order valence-electron chi connectivity index (χ3n) is 5.31. The number of pyridine rings is 1. The molecule has 9 heteroatoms. The van der Waals surface area contributed by atoms with Crippen molar-refractivity contribution in [3.8, 4) is 17.1 Å². The van der Waals surface area contributed by atoms with Gasteiger partial charge < -0.3 is 19.3 Å². The molecule has 1 fully saturated rings. The minimum absolute atomic E-state index is 0.0630. The number of rotatable bonds is 4. The van der Waals surface area contributed by atoms with Crippen LogP contribution in [0.4, 0.5) is 10.6 Å². The second-order valence-electron chi connectivity index (χ2n) is 8.64. The van der Waals surface area contributed by atoms with Gasteiger partial charge in [-0.3, -0.25) is 0 Å². The van der Waals surface area contributed by atoms with Crippen LogP contribution in [0.5, 0.6) is 5.88 Å². The fourth-order valence-corrected chi connectivity index (χ4v) is 3.71. The van der Waals surface area contributed by atoms with Crippen LogP contribution in [0, 0.1) is 0 Å². The predicted molar refractivity (Wildman–Crippen MR) is 117 cm³/mol. The van der Waals surface area contributed by atoms with Crippen LogP contribution in [-0.2, 0) is 4.74 Å². The van der Waals surface area contributed by atoms with Gasteiger partial charge in [-0.05, 0) is 51.5 Å². The van der Waals surface area contributed by atoms with E-state index in [0.717, 1.165) is 35.7 Å². The van der Waals surface area contributed by atoms with Crippen molar-refractivity contribution in [1.82, 2.24) is 24.5 Å². The molecule has 1 aliphatic rings. The number of anilines is 1. The summed E-state index contributed by atoms with van der Waals surface area (Å²) in [5.74, 6) is 1.35. The number of hydrogen-bond acceptors (Lipinski definition) is 7. The first kappa shape index (κ1) is 20.9. The zero-order chi connectivity index (χ0) is 22.2. The maximum atomic E-state index is 12.4. The number of ether oxygens (including phenoxy) is 2. The highest BCUT2D eigenvalue weighted by Gasteiger charge is 2.31. The normalized spacial score (nSPS) is 16.5. The molecular weight excluding hydrogens is 396 g/mol. The number of carbonyl (C=O) groups is 1. The summed E-state index contributed by atoms with van der Waals surface area (Å²) >= 11 is 0. The maximum absolute atomic E-state index is 12.4. The topological polar surface area (TPSA) is 85.1 Å². The Morgan fingerprint density at radius 3 is 2.77 bits per heavy atom. The summed E-state index contributed by atoms with van der Waals surface area (Å²) < 4.78 is 12.7. The molecule has 164 valence electrons. The first-order valence-corrected chi connectivity index (χ1v) is 10.3. The number of aromatic nitrogens is 4. The lowest BCUT2D eigenvalue weighted by Crippen LogP contribution is -2.42. The van der Waals surface area contributed by atoms with Gasteiger partial charge in [-0.15, -0.1) is 5.10 Å². The number of carbonyl (C=O) groups excluding carboxylic acids is 1. The Kier molecular flexibility index (Phi) is 5.43. The predicted octanol–water partition coefficient (Wildman–Crippen LogP) is 3.25. The van der Waals surface area contributed by atoms with Crippen molar-refractivity contribution in [3.05, 3.63) is 36.7 Å². The number of likely N-dealkylation sites (N-methyl/N-ethyl adjacent to an activating group) is 1. The number of nitrogens with zero attached hydrogens (tertiary/aromatic N) is 6. The molecule has 1 aliphatic heterocycles. The molecule has 31 heavy (non-hydrogen) atoms. The average Bonchev–Trinajstić information content (AvgIpc) is 3.38. The summed E-state index contributed by atoms with van der Waals surface area (Å²) in [6.07, 6.45) is 4.01. The van der Waals surface area contributed by atoms with Crippen LogP contribution in [0.25, 0.3) is 16.9 Å². The maximum Gasteiger partial charge on any atom is 0.410 e. The molecule has 0 saturated carbocycles. The number of methoxy groups -OCH3 is 1. The van der Waals surface area contributed by atoms with Crippen molar-refractivity contribution in [3.63, 3.8) is 0 Å². The Hall–Kier alpha value is -3.36. The van der Waals surface area contributed by atoms with E-state index in [9.17, 15) is 4.79 Å². The van der Waals surface area contributed by atoms with E-state index >= 15 is 0 Å². The van der Waals surface area contributed by atoms with Gasteiger partial charge in [-0.2, -0.15) is 0 Å². The first-order chi connectivity index (χ1) is 14.8. The van der Waals surface area contributed by atoms with Gasteiger partial charge in [0.15, 0.2) is 5.65 Å². The van der Waals surface area contributed by atoms with Crippen LogP contribution < -0.4 is 9.64 Å². The molecule has 0 spiro atoms. The van der Waals surface area contributed by atoms with Gasteiger partial charge >= 0.3 is 6.09 Å². The monoisotopic (exact) mass is 424 g/mol. The summed E-state index contributed by atoms with van der Waals surface area (Å²) in [4.78, 5) is 25.0. The van der Waals surface area contributed by atoms with Gasteiger partial charge in [0, 0.05) is 26.3 Å². The van der Waals surface area contributed by atoms with E-state index < -0.39 is 5.60 Å². The highest BCUT2D eigenvalue weighted by Crippen LogP contribution is 2.29. The van der Waals surface area contributed by atoms with Crippen LogP contribution in [0.3, 0.4) is 0 Å². The zero-order valence-corrected chi connectivity index (χ0v) is 18.6. The van der Waals surface area contributed by atoms with Crippen molar-refractivity contribution in [1.29, 1.82) is 0 Å². The quantitative estimate of drug-likeness (QED) is 0.636. The second-order valence-corrected chi connectivity index (χ2v) is 8.64. The SMILES string of the molecule is COc1ncccc1-c1cnc2ccc(N3CC[C@H](N(C)C(=O)OC(C)(C)C)C3)nn12. The molecule has 1 amide bonds. The van der Waals surface area contributed by atoms with E-state index in [2.05, 4.69) is 14.9 Å². The van der Waals surface area contributed by atoms with Gasteiger partial charge in [-0.25, -0.2) is 19.3 Å². The zero-order valence-electron chi connectivity index (χ0n) is 18.6. The van der Waals surface area contributed by atoms with E-state index in [0.29, 0.717) is 12.4 Å². The Bertz CT molecular complexity index is 1090. The molecule has 0 N–H and O–H groups in total. The van der Waals surface area contributed by atoms with Gasteiger partial charge in [0.2, 0.25) is 5.88 Å². The number of hydrogen-bond donors (Lipinski definition) is 0. The summed E-state index contributed by atoms with van der Waals surface area (Å²) in [7, 11) is 3.39. The van der Waals surface area contributed by atoms with Crippen LogP contribution in [0.15, 0.2) is 36.7 Å². The molecule has 0 aromatic carbocycles. The lowest BCUT2D eigenvalue weighted by molar-refractivity contribution is 0.0238. The Labute approximate surface area is 181 Å². The van der Waals surface area contributed by atoms with Crippen molar-refractivity contribution in [2.24, 2.45) is 0 Å². The van der Waals surface area contributed by atoms with Crippen LogP contribution in [0.1, 0.15) is 27.2 Å². The lowest BCUT2D eigenvalue weighted by Gasteiger charge is -2.28. The molecule has 0 aliphatic carbocycles. The molecule has 1 saturated heterocycles. The lowest BCUT2D eigenvalue weighted by atomic mass is 10.2. The van der Waals surface area contributed by atoms with Crippen molar-refractivity contribution in [2.75, 3.05) is 32.1 Å². The molecule has 3 aromatic rings. The van der Waals surface area contributed by atoms with Crippen molar-refractivity contribution >= 4 is 17.6 Å². The molecule has 0 bridgehead atoms. The fourth-order valence-electron chi connectivity index (χ4n) is 3.71. The highest BCUT2D eigenvalue weighted by molar-refractivity contribution is 5.69. The van der Waals surface area contributed by atoms with E-state index in [4.69, 9.17) is 14.6 Å². The largest absolute Gasteiger partial charge is 0.481 e. The molecule has 9 nitrogen and oxygen atoms in total. The minimum Gasteiger partial charge on any atom is -0.481 e. The van der Waals surface area contributed by atoms with E-state index in [-0.39, 0.29) is 12.1 Å². The Morgan fingerprint density at radius 1 is 1.23 bits per heavy atom. The Balaban J connectivity index is 1.56. The summed E-state index contributed by atoms with van der Waals surface area (Å²) in [6, 6.07) is 7.76. The van der Waals surface area contributed by atoms with Crippen molar-refractivity contribution in [2.45, 2.75) is 38.8 Å². The van der Waals surface area contributed by atoms with Gasteiger partial charge in [0.1, 0.15) is 11.4 Å². The number of fused-ring (bicyclic) bond motifs is 1. The third kappa shape index (κ3) is 4.26. The molecule has 4 heterocycles. The van der Waals surface area contributed by atoms with E-state index in [1.807, 2.05) is 45.0 Å². The van der Waals surface area contributed by atoms with Crippen LogP contribution in [0.2, 0.25) is 0 Å². The average molecular weight is 425 g/mol. The smallest absolute Gasteiger partial charge is 0.410 e. The number of amides is 1. The Morgan fingerprint density at radius 2 is 2.03 bits per heavy atom. The summed E-state index contributed by atoms with van der Waals surface area (Å²) in [6.45, 7) is 7.11. The standard InChI is InChI=1S/C22H28N6O3/c1-22(2,3)31-21(29)26(4)15-10-12-27(14-15)19-9-8-18-24-13-17(28(18)25-19)16-7-6-11-23-20(16)30-5/h6-9,11,13,15H,10,12,14H2,1-5H3/t15-/m0/s1. The van der Waals surface area contributed by atoms with Gasteiger partial charge in [-0.1, -0.05) is 0 Å². The van der Waals surface area contributed by atoms with Crippen LogP contribution >= 0.6 is 0 Å². The van der Waals surface area contributed by atoms with Gasteiger partial charge in [0.25, 0.3) is 0 Å². The molecule has 0 radical (unpaired) electrons. The number of imidazole rings is 1. The fraction of sp³-hybridized carbons (Fsp3) is 0.455. The molecule has 1 atom stereocenters. The summed E-state index contributed by atoms with van der Waals surface area (Å²) in [5.41, 5.74) is 1.86. The third-order valence-corrected chi connectivity index (χ3v) is 5.31. The molecule has 4 rings (SSSR count). The second kappa shape index (κ2) is 8.05. The molecular formula is C22H28N6O3. The minimum atomic E-state index is -0.512.